The lowest BCUT2D eigenvalue weighted by molar-refractivity contribution is 0.554. The maximum Gasteiger partial charge on any atom is 0.0483 e. The number of nitrogens with one attached hydrogen (secondary N) is 1. The summed E-state index contributed by atoms with van der Waals surface area (Å²) >= 11 is 0. The molecule has 2 nitrogen and oxygen atoms in total. The van der Waals surface area contributed by atoms with Crippen molar-refractivity contribution >= 4 is 10.9 Å². The first kappa shape index (κ1) is 15.8. The maximum atomic E-state index is 4.01. The van der Waals surface area contributed by atoms with E-state index >= 15 is 0 Å². The monoisotopic (exact) mass is 284 g/mol. The van der Waals surface area contributed by atoms with Crippen molar-refractivity contribution in [2.24, 2.45) is 5.92 Å². The summed E-state index contributed by atoms with van der Waals surface area (Å²) in [5.74, 6) is 0.710. The Balaban J connectivity index is 2.10. The van der Waals surface area contributed by atoms with Crippen molar-refractivity contribution in [3.8, 4) is 0 Å². The first-order valence-corrected chi connectivity index (χ1v) is 7.99. The minimum atomic E-state index is 0.710. The molecule has 1 aromatic carbocycles. The Kier molecular flexibility index (Phi) is 5.63. The minimum Gasteiger partial charge on any atom is -0.347 e. The molecule has 1 heterocycles. The molecule has 0 spiro atoms. The number of hydrogen-bond donors (Lipinski definition) is 1. The Labute approximate surface area is 128 Å². The molecule has 0 aliphatic rings. The second-order valence-corrected chi connectivity index (χ2v) is 6.42. The van der Waals surface area contributed by atoms with Crippen LogP contribution >= 0.6 is 0 Å². The van der Waals surface area contributed by atoms with E-state index in [4.69, 9.17) is 0 Å². The predicted octanol–water partition coefficient (Wildman–Crippen LogP) is 4.40. The van der Waals surface area contributed by atoms with Gasteiger partial charge < -0.3 is 9.88 Å². The Hall–Kier alpha value is -1.54. The summed E-state index contributed by atoms with van der Waals surface area (Å²) in [6.07, 6.45) is 4.46. The number of fused-ring (bicyclic) bond motifs is 1. The van der Waals surface area contributed by atoms with Gasteiger partial charge in [0.05, 0.1) is 0 Å². The van der Waals surface area contributed by atoms with Gasteiger partial charge in [-0.25, -0.2) is 0 Å². The summed E-state index contributed by atoms with van der Waals surface area (Å²) < 4.78 is 2.38. The van der Waals surface area contributed by atoms with Crippen molar-refractivity contribution in [3.05, 3.63) is 48.2 Å². The Morgan fingerprint density at radius 3 is 2.76 bits per heavy atom. The van der Waals surface area contributed by atoms with Gasteiger partial charge in [0.1, 0.15) is 0 Å². The molecule has 0 saturated carbocycles. The topological polar surface area (TPSA) is 17.0 Å². The quantitative estimate of drug-likeness (QED) is 0.562. The van der Waals surface area contributed by atoms with Gasteiger partial charge in [-0.2, -0.15) is 0 Å². The van der Waals surface area contributed by atoms with E-state index < -0.39 is 0 Å². The number of hydrogen-bond acceptors (Lipinski definition) is 1. The first-order chi connectivity index (χ1) is 10.1. The van der Waals surface area contributed by atoms with Crippen LogP contribution in [0.5, 0.6) is 0 Å². The summed E-state index contributed by atoms with van der Waals surface area (Å²) in [6, 6.07) is 8.72. The smallest absolute Gasteiger partial charge is 0.0483 e. The lowest BCUT2D eigenvalue weighted by Gasteiger charge is -2.06. The number of para-hydroxylation sites is 1. The zero-order valence-corrected chi connectivity index (χ0v) is 13.7. The summed E-state index contributed by atoms with van der Waals surface area (Å²) in [5, 5.41) is 4.93. The third-order valence-corrected chi connectivity index (χ3v) is 3.77. The minimum absolute atomic E-state index is 0.710. The average Bonchev–Trinajstić information content (AvgIpc) is 2.80. The highest BCUT2D eigenvalue weighted by Crippen LogP contribution is 2.22. The van der Waals surface area contributed by atoms with Gasteiger partial charge in [-0.15, -0.1) is 6.58 Å². The van der Waals surface area contributed by atoms with Crippen molar-refractivity contribution < 1.29 is 0 Å². The Bertz CT molecular complexity index is 593. The summed E-state index contributed by atoms with van der Waals surface area (Å²) in [4.78, 5) is 0. The molecule has 0 fully saturated rings. The van der Waals surface area contributed by atoms with Gasteiger partial charge in [0.2, 0.25) is 0 Å². The number of aromatic nitrogens is 1. The zero-order chi connectivity index (χ0) is 15.2. The van der Waals surface area contributed by atoms with Gasteiger partial charge >= 0.3 is 0 Å². The van der Waals surface area contributed by atoms with Crippen molar-refractivity contribution in [2.45, 2.75) is 40.2 Å². The van der Waals surface area contributed by atoms with Crippen LogP contribution in [0, 0.1) is 5.92 Å². The van der Waals surface area contributed by atoms with E-state index in [2.05, 4.69) is 67.7 Å². The summed E-state index contributed by atoms with van der Waals surface area (Å²) in [5.41, 5.74) is 4.04. The van der Waals surface area contributed by atoms with Crippen molar-refractivity contribution in [3.63, 3.8) is 0 Å². The zero-order valence-electron chi connectivity index (χ0n) is 13.7. The van der Waals surface area contributed by atoms with E-state index in [1.54, 1.807) is 0 Å². The number of nitrogens with zero attached hydrogens (tertiary/aromatic N) is 1. The first-order valence-electron chi connectivity index (χ1n) is 7.99. The van der Waals surface area contributed by atoms with Crippen LogP contribution in [-0.4, -0.2) is 17.7 Å². The highest BCUT2D eigenvalue weighted by Gasteiger charge is 2.07. The molecule has 2 heteroatoms. The summed E-state index contributed by atoms with van der Waals surface area (Å²) in [6.45, 7) is 13.8. The average molecular weight is 284 g/mol. The van der Waals surface area contributed by atoms with Gasteiger partial charge in [0.15, 0.2) is 0 Å². The van der Waals surface area contributed by atoms with Gasteiger partial charge in [-0.05, 0) is 50.4 Å². The molecule has 0 bridgehead atoms. The Morgan fingerprint density at radius 2 is 2.05 bits per heavy atom. The largest absolute Gasteiger partial charge is 0.347 e. The molecule has 0 unspecified atom stereocenters. The highest BCUT2D eigenvalue weighted by molar-refractivity contribution is 5.84. The normalized spacial score (nSPS) is 11.4. The van der Waals surface area contributed by atoms with Crippen LogP contribution in [-0.2, 0) is 13.0 Å². The van der Waals surface area contributed by atoms with Crippen molar-refractivity contribution in [1.82, 2.24) is 9.88 Å². The number of benzene rings is 1. The molecule has 0 radical (unpaired) electrons. The van der Waals surface area contributed by atoms with E-state index in [0.717, 1.165) is 32.5 Å². The Morgan fingerprint density at radius 1 is 1.29 bits per heavy atom. The maximum absolute atomic E-state index is 4.01. The van der Waals surface area contributed by atoms with Crippen LogP contribution < -0.4 is 5.32 Å². The molecule has 0 saturated heterocycles. The molecule has 1 N–H and O–H groups in total. The molecule has 21 heavy (non-hydrogen) atoms. The molecule has 0 aliphatic heterocycles. The molecule has 1 aromatic heterocycles. The second kappa shape index (κ2) is 7.46. The standard InChI is InChI=1S/C19H28N2/c1-15(2)10-12-21-14-17(9-11-20-13-16(3)4)18-7-5-6-8-19(18)21/h5-8,14,16,20H,1,9-13H2,2-4H3. The molecular formula is C19H28N2. The van der Waals surface area contributed by atoms with Crippen LogP contribution in [0.1, 0.15) is 32.8 Å². The van der Waals surface area contributed by atoms with Crippen molar-refractivity contribution in [1.29, 1.82) is 0 Å². The fourth-order valence-electron chi connectivity index (χ4n) is 2.63. The van der Waals surface area contributed by atoms with Crippen molar-refractivity contribution in [2.75, 3.05) is 13.1 Å². The van der Waals surface area contributed by atoms with Crippen LogP contribution in [0.2, 0.25) is 0 Å². The molecule has 0 atom stereocenters. The number of aryl methyl sites for hydroxylation is 1. The van der Waals surface area contributed by atoms with Gasteiger partial charge in [-0.1, -0.05) is 37.6 Å². The lowest BCUT2D eigenvalue weighted by Crippen LogP contribution is -2.22. The van der Waals surface area contributed by atoms with Gasteiger partial charge in [0, 0.05) is 23.6 Å². The van der Waals surface area contributed by atoms with E-state index in [1.165, 1.54) is 22.0 Å². The van der Waals surface area contributed by atoms with Crippen LogP contribution in [0.3, 0.4) is 0 Å². The molecule has 0 aliphatic carbocycles. The van der Waals surface area contributed by atoms with Crippen LogP contribution in [0.4, 0.5) is 0 Å². The number of rotatable bonds is 8. The van der Waals surface area contributed by atoms with Gasteiger partial charge in [-0.3, -0.25) is 0 Å². The predicted molar refractivity (Wildman–Crippen MR) is 92.8 cm³/mol. The molecule has 114 valence electrons. The van der Waals surface area contributed by atoms with E-state index in [1.807, 2.05) is 0 Å². The van der Waals surface area contributed by atoms with E-state index in [9.17, 15) is 0 Å². The summed E-state index contributed by atoms with van der Waals surface area (Å²) in [7, 11) is 0. The fourth-order valence-corrected chi connectivity index (χ4v) is 2.63. The fraction of sp³-hybridized carbons (Fsp3) is 0.474. The SMILES string of the molecule is C=C(C)CCn1cc(CCNCC(C)C)c2ccccc21. The second-order valence-electron chi connectivity index (χ2n) is 6.42. The van der Waals surface area contributed by atoms with Gasteiger partial charge in [0.25, 0.3) is 0 Å². The molecule has 2 aromatic rings. The lowest BCUT2D eigenvalue weighted by atomic mass is 10.1. The third-order valence-electron chi connectivity index (χ3n) is 3.77. The van der Waals surface area contributed by atoms with Crippen LogP contribution in [0.15, 0.2) is 42.6 Å². The third kappa shape index (κ3) is 4.47. The molecule has 0 amide bonds. The highest BCUT2D eigenvalue weighted by atomic mass is 15.0. The molecule has 2 rings (SSSR count). The van der Waals surface area contributed by atoms with E-state index in [0.29, 0.717) is 5.92 Å². The number of allylic oxidation sites excluding steroid dienone is 1. The molecular weight excluding hydrogens is 256 g/mol. The van der Waals surface area contributed by atoms with Crippen LogP contribution in [0.25, 0.3) is 10.9 Å². The van der Waals surface area contributed by atoms with E-state index in [-0.39, 0.29) is 0 Å².